The summed E-state index contributed by atoms with van der Waals surface area (Å²) in [6, 6.07) is 2.01. The number of nitrogens with one attached hydrogen (secondary N) is 2. The summed E-state index contributed by atoms with van der Waals surface area (Å²) in [6.07, 6.45) is 1.82. The molecule has 2 rings (SSSR count). The molecule has 1 atom stereocenters. The maximum Gasteiger partial charge on any atom is 0.123 e. The van der Waals surface area contributed by atoms with Gasteiger partial charge in [0.05, 0.1) is 6.20 Å². The van der Waals surface area contributed by atoms with E-state index in [1.165, 1.54) is 13.1 Å². The van der Waals surface area contributed by atoms with Crippen LogP contribution in [0.4, 0.5) is 5.82 Å². The van der Waals surface area contributed by atoms with Gasteiger partial charge in [0.1, 0.15) is 5.82 Å². The molecule has 0 amide bonds. The number of nitrogens with zero attached hydrogens (tertiary/aromatic N) is 2. The number of aryl methyl sites for hydroxylation is 1. The molecular formula is C10H18N4. The highest BCUT2D eigenvalue weighted by Crippen LogP contribution is 2.16. The van der Waals surface area contributed by atoms with E-state index < -0.39 is 0 Å². The summed E-state index contributed by atoms with van der Waals surface area (Å²) < 4.78 is 1.87. The zero-order valence-corrected chi connectivity index (χ0v) is 8.83. The normalized spacial score (nSPS) is 19.0. The van der Waals surface area contributed by atoms with Crippen molar-refractivity contribution in [3.63, 3.8) is 0 Å². The van der Waals surface area contributed by atoms with Gasteiger partial charge in [-0.15, -0.1) is 0 Å². The first-order valence-corrected chi connectivity index (χ1v) is 5.20. The first-order valence-electron chi connectivity index (χ1n) is 5.20. The average Bonchev–Trinajstić information content (AvgIpc) is 2.44. The minimum atomic E-state index is 0.728. The van der Waals surface area contributed by atoms with E-state index >= 15 is 0 Å². The fourth-order valence-corrected chi connectivity index (χ4v) is 1.69. The van der Waals surface area contributed by atoms with Crippen molar-refractivity contribution in [1.82, 2.24) is 15.1 Å². The van der Waals surface area contributed by atoms with Gasteiger partial charge in [-0.3, -0.25) is 4.68 Å². The van der Waals surface area contributed by atoms with Crippen LogP contribution in [0.2, 0.25) is 0 Å². The highest BCUT2D eigenvalue weighted by molar-refractivity contribution is 5.33. The van der Waals surface area contributed by atoms with E-state index in [1.807, 2.05) is 24.0 Å². The number of hydrogen-bond donors (Lipinski definition) is 2. The number of aromatic nitrogens is 2. The van der Waals surface area contributed by atoms with Gasteiger partial charge in [0.15, 0.2) is 0 Å². The van der Waals surface area contributed by atoms with E-state index in [0.29, 0.717) is 0 Å². The third-order valence-electron chi connectivity index (χ3n) is 3.04. The molecule has 1 aromatic heterocycles. The second kappa shape index (κ2) is 4.00. The van der Waals surface area contributed by atoms with Crippen molar-refractivity contribution in [3.05, 3.63) is 12.3 Å². The third-order valence-corrected chi connectivity index (χ3v) is 3.04. The van der Waals surface area contributed by atoms with Crippen LogP contribution in [0.25, 0.3) is 0 Å². The van der Waals surface area contributed by atoms with Crippen LogP contribution in [0.1, 0.15) is 6.92 Å². The Morgan fingerprint density at radius 3 is 3.00 bits per heavy atom. The third kappa shape index (κ3) is 1.90. The molecule has 1 aliphatic rings. The molecule has 4 nitrogen and oxygen atoms in total. The molecule has 0 radical (unpaired) electrons. The Balaban J connectivity index is 1.79. The first kappa shape index (κ1) is 9.52. The Bertz CT molecular complexity index is 290. The SMILES string of the molecule is CC(CNc1ccnn1C)C1CNC1. The quantitative estimate of drug-likeness (QED) is 0.741. The van der Waals surface area contributed by atoms with Crippen molar-refractivity contribution in [3.8, 4) is 0 Å². The second-order valence-corrected chi connectivity index (χ2v) is 4.12. The zero-order chi connectivity index (χ0) is 9.97. The molecule has 14 heavy (non-hydrogen) atoms. The Hall–Kier alpha value is -1.03. The van der Waals surface area contributed by atoms with Crippen LogP contribution >= 0.6 is 0 Å². The van der Waals surface area contributed by atoms with Crippen molar-refractivity contribution in [2.24, 2.45) is 18.9 Å². The molecule has 0 aromatic carbocycles. The molecule has 2 heterocycles. The summed E-state index contributed by atoms with van der Waals surface area (Å²) in [6.45, 7) is 5.68. The lowest BCUT2D eigenvalue weighted by Gasteiger charge is -2.32. The minimum absolute atomic E-state index is 0.728. The topological polar surface area (TPSA) is 41.9 Å². The first-order chi connectivity index (χ1) is 6.77. The van der Waals surface area contributed by atoms with Gasteiger partial charge in [0, 0.05) is 19.7 Å². The molecule has 1 fully saturated rings. The lowest BCUT2D eigenvalue weighted by Crippen LogP contribution is -2.47. The van der Waals surface area contributed by atoms with Crippen LogP contribution in [0, 0.1) is 11.8 Å². The molecule has 0 aliphatic carbocycles. The van der Waals surface area contributed by atoms with Gasteiger partial charge in [-0.1, -0.05) is 6.92 Å². The Morgan fingerprint density at radius 1 is 1.71 bits per heavy atom. The predicted octanol–water partition coefficient (Wildman–Crippen LogP) is 0.687. The van der Waals surface area contributed by atoms with Gasteiger partial charge < -0.3 is 10.6 Å². The molecule has 2 N–H and O–H groups in total. The van der Waals surface area contributed by atoms with Gasteiger partial charge in [-0.05, 0) is 24.9 Å². The monoisotopic (exact) mass is 194 g/mol. The van der Waals surface area contributed by atoms with E-state index in [9.17, 15) is 0 Å². The predicted molar refractivity (Wildman–Crippen MR) is 57.2 cm³/mol. The molecule has 1 unspecified atom stereocenters. The van der Waals surface area contributed by atoms with Gasteiger partial charge >= 0.3 is 0 Å². The van der Waals surface area contributed by atoms with Gasteiger partial charge in [-0.25, -0.2) is 0 Å². The van der Waals surface area contributed by atoms with Gasteiger partial charge in [0.2, 0.25) is 0 Å². The van der Waals surface area contributed by atoms with Crippen molar-refractivity contribution in [2.75, 3.05) is 25.0 Å². The van der Waals surface area contributed by atoms with E-state index in [-0.39, 0.29) is 0 Å². The summed E-state index contributed by atoms with van der Waals surface area (Å²) in [5, 5.41) is 10.8. The smallest absolute Gasteiger partial charge is 0.123 e. The molecule has 1 aromatic rings. The minimum Gasteiger partial charge on any atom is -0.370 e. The van der Waals surface area contributed by atoms with E-state index in [2.05, 4.69) is 22.7 Å². The summed E-state index contributed by atoms with van der Waals surface area (Å²) in [5.41, 5.74) is 0. The fraction of sp³-hybridized carbons (Fsp3) is 0.700. The summed E-state index contributed by atoms with van der Waals surface area (Å²) in [4.78, 5) is 0. The standard InChI is InChI=1S/C10H18N4/c1-8(9-6-11-7-9)5-12-10-3-4-13-14(10)2/h3-4,8-9,11-12H,5-7H2,1-2H3. The van der Waals surface area contributed by atoms with Crippen LogP contribution in [0.15, 0.2) is 12.3 Å². The van der Waals surface area contributed by atoms with Crippen LogP contribution in [-0.4, -0.2) is 29.4 Å². The molecule has 1 aliphatic heterocycles. The molecule has 1 saturated heterocycles. The van der Waals surface area contributed by atoms with Crippen molar-refractivity contribution < 1.29 is 0 Å². The lowest BCUT2D eigenvalue weighted by molar-refractivity contribution is 0.258. The summed E-state index contributed by atoms with van der Waals surface area (Å²) >= 11 is 0. The van der Waals surface area contributed by atoms with Gasteiger partial charge in [0.25, 0.3) is 0 Å². The highest BCUT2D eigenvalue weighted by Gasteiger charge is 2.23. The molecule has 0 bridgehead atoms. The maximum atomic E-state index is 4.12. The average molecular weight is 194 g/mol. The molecule has 4 heteroatoms. The maximum absolute atomic E-state index is 4.12. The fourth-order valence-electron chi connectivity index (χ4n) is 1.69. The number of hydrogen-bond acceptors (Lipinski definition) is 3. The van der Waals surface area contributed by atoms with Crippen LogP contribution in [0.3, 0.4) is 0 Å². The molecule has 78 valence electrons. The van der Waals surface area contributed by atoms with Crippen molar-refractivity contribution in [2.45, 2.75) is 6.92 Å². The van der Waals surface area contributed by atoms with E-state index in [4.69, 9.17) is 0 Å². The Kier molecular flexibility index (Phi) is 2.72. The van der Waals surface area contributed by atoms with Crippen molar-refractivity contribution in [1.29, 1.82) is 0 Å². The molecule has 0 spiro atoms. The Morgan fingerprint density at radius 2 is 2.50 bits per heavy atom. The number of anilines is 1. The molecule has 0 saturated carbocycles. The van der Waals surface area contributed by atoms with E-state index in [1.54, 1.807) is 0 Å². The summed E-state index contributed by atoms with van der Waals surface area (Å²) in [5.74, 6) is 2.67. The Labute approximate surface area is 84.7 Å². The van der Waals surface area contributed by atoms with Crippen LogP contribution < -0.4 is 10.6 Å². The largest absolute Gasteiger partial charge is 0.370 e. The molecular weight excluding hydrogens is 176 g/mol. The van der Waals surface area contributed by atoms with E-state index in [0.717, 1.165) is 24.2 Å². The highest BCUT2D eigenvalue weighted by atomic mass is 15.3. The lowest BCUT2D eigenvalue weighted by atomic mass is 9.89. The zero-order valence-electron chi connectivity index (χ0n) is 8.83. The van der Waals surface area contributed by atoms with Crippen molar-refractivity contribution >= 4 is 5.82 Å². The second-order valence-electron chi connectivity index (χ2n) is 4.12. The van der Waals surface area contributed by atoms with Gasteiger partial charge in [-0.2, -0.15) is 5.10 Å². The van der Waals surface area contributed by atoms with Crippen LogP contribution in [0.5, 0.6) is 0 Å². The summed E-state index contributed by atoms with van der Waals surface area (Å²) in [7, 11) is 1.96. The number of rotatable bonds is 4. The van der Waals surface area contributed by atoms with Crippen LogP contribution in [-0.2, 0) is 7.05 Å².